The van der Waals surface area contributed by atoms with Crippen LogP contribution >= 0.6 is 0 Å². The van der Waals surface area contributed by atoms with Crippen molar-refractivity contribution in [2.24, 2.45) is 10.3 Å². The molecule has 0 saturated carbocycles. The number of rotatable bonds is 4. The van der Waals surface area contributed by atoms with Crippen molar-refractivity contribution < 1.29 is 13.0 Å². The van der Waals surface area contributed by atoms with Crippen LogP contribution in [0, 0.1) is 6.92 Å². The molecule has 0 saturated heterocycles. The SMILES string of the molecule is Cc1cccc(NN=Nc2ccc(S(=O)(=O)[O-])cc2)c1. The van der Waals surface area contributed by atoms with Crippen LogP contribution in [0.15, 0.2) is 63.8 Å². The molecule has 0 aliphatic carbocycles. The van der Waals surface area contributed by atoms with E-state index in [0.29, 0.717) is 5.69 Å². The Bertz CT molecular complexity index is 725. The smallest absolute Gasteiger partial charge is 0.124 e. The van der Waals surface area contributed by atoms with Crippen molar-refractivity contribution in [2.45, 2.75) is 11.8 Å². The maximum atomic E-state index is 10.8. The van der Waals surface area contributed by atoms with Gasteiger partial charge in [0.2, 0.25) is 0 Å². The van der Waals surface area contributed by atoms with Gasteiger partial charge in [0.1, 0.15) is 10.1 Å². The quantitative estimate of drug-likeness (QED) is 0.532. The van der Waals surface area contributed by atoms with Crippen LogP contribution in [-0.4, -0.2) is 13.0 Å². The normalized spacial score (nSPS) is 11.7. The fourth-order valence-corrected chi connectivity index (χ4v) is 2.00. The summed E-state index contributed by atoms with van der Waals surface area (Å²) >= 11 is 0. The first-order valence-corrected chi connectivity index (χ1v) is 7.15. The maximum absolute atomic E-state index is 10.8. The third-order valence-corrected chi connectivity index (χ3v) is 3.34. The van der Waals surface area contributed by atoms with Crippen LogP contribution in [0.2, 0.25) is 0 Å². The van der Waals surface area contributed by atoms with Crippen molar-refractivity contribution >= 4 is 21.5 Å². The molecular weight excluding hydrogens is 278 g/mol. The molecule has 0 aliphatic heterocycles. The highest BCUT2D eigenvalue weighted by Gasteiger charge is 2.00. The summed E-state index contributed by atoms with van der Waals surface area (Å²) in [5, 5.41) is 7.66. The summed E-state index contributed by atoms with van der Waals surface area (Å²) in [6.07, 6.45) is 0. The van der Waals surface area contributed by atoms with Crippen molar-refractivity contribution in [3.8, 4) is 0 Å². The van der Waals surface area contributed by atoms with Gasteiger partial charge in [-0.15, -0.1) is 5.11 Å². The molecule has 20 heavy (non-hydrogen) atoms. The van der Waals surface area contributed by atoms with Gasteiger partial charge < -0.3 is 4.55 Å². The van der Waals surface area contributed by atoms with Gasteiger partial charge >= 0.3 is 0 Å². The Hall–Kier alpha value is -2.25. The zero-order valence-electron chi connectivity index (χ0n) is 10.6. The summed E-state index contributed by atoms with van der Waals surface area (Å²) in [4.78, 5) is -0.289. The molecule has 0 fully saturated rings. The molecule has 2 aromatic carbocycles. The fraction of sp³-hybridized carbons (Fsp3) is 0.0769. The standard InChI is InChI=1S/C13H13N3O3S/c1-10-3-2-4-12(9-10)15-16-14-11-5-7-13(8-6-11)20(17,18)19/h2-9H,1H3,(H,14,15)(H,17,18,19)/p-1. The van der Waals surface area contributed by atoms with Crippen molar-refractivity contribution in [2.75, 3.05) is 5.43 Å². The molecule has 0 radical (unpaired) electrons. The molecule has 6 nitrogen and oxygen atoms in total. The maximum Gasteiger partial charge on any atom is 0.124 e. The summed E-state index contributed by atoms with van der Waals surface area (Å²) in [5.74, 6) is 0. The van der Waals surface area contributed by atoms with Crippen LogP contribution in [0.3, 0.4) is 0 Å². The first-order valence-electron chi connectivity index (χ1n) is 5.74. The largest absolute Gasteiger partial charge is 0.744 e. The van der Waals surface area contributed by atoms with E-state index in [2.05, 4.69) is 15.8 Å². The van der Waals surface area contributed by atoms with E-state index in [4.69, 9.17) is 0 Å². The van der Waals surface area contributed by atoms with E-state index in [1.54, 1.807) is 0 Å². The second kappa shape index (κ2) is 5.81. The third kappa shape index (κ3) is 3.87. The highest BCUT2D eigenvalue weighted by atomic mass is 32.2. The Morgan fingerprint density at radius 3 is 2.40 bits per heavy atom. The van der Waals surface area contributed by atoms with Crippen LogP contribution in [0.5, 0.6) is 0 Å². The van der Waals surface area contributed by atoms with E-state index < -0.39 is 10.1 Å². The molecule has 7 heteroatoms. The minimum absolute atomic E-state index is 0.289. The Labute approximate surface area is 116 Å². The Morgan fingerprint density at radius 1 is 1.10 bits per heavy atom. The third-order valence-electron chi connectivity index (χ3n) is 2.49. The lowest BCUT2D eigenvalue weighted by molar-refractivity contribution is 0.463. The molecule has 0 bridgehead atoms. The molecule has 0 amide bonds. The minimum Gasteiger partial charge on any atom is -0.744 e. The molecule has 0 heterocycles. The molecular formula is C13H12N3O3S-. The second-order valence-corrected chi connectivity index (χ2v) is 5.51. The molecule has 2 rings (SSSR count). The van der Waals surface area contributed by atoms with Crippen molar-refractivity contribution in [3.63, 3.8) is 0 Å². The van der Waals surface area contributed by atoms with Gasteiger partial charge in [-0.05, 0) is 48.9 Å². The number of benzene rings is 2. The predicted molar refractivity (Wildman–Crippen MR) is 73.7 cm³/mol. The first-order chi connectivity index (χ1) is 9.45. The molecule has 104 valence electrons. The summed E-state index contributed by atoms with van der Waals surface area (Å²) in [5.41, 5.74) is 5.09. The molecule has 1 N–H and O–H groups in total. The summed E-state index contributed by atoms with van der Waals surface area (Å²) in [6, 6.07) is 12.8. The van der Waals surface area contributed by atoms with Gasteiger partial charge in [0, 0.05) is 0 Å². The average Bonchev–Trinajstić information content (AvgIpc) is 2.38. The second-order valence-electron chi connectivity index (χ2n) is 4.13. The van der Waals surface area contributed by atoms with Crippen LogP contribution in [0.25, 0.3) is 0 Å². The van der Waals surface area contributed by atoms with Crippen molar-refractivity contribution in [1.82, 2.24) is 0 Å². The van der Waals surface area contributed by atoms with Crippen LogP contribution in [0.4, 0.5) is 11.4 Å². The van der Waals surface area contributed by atoms with Crippen LogP contribution < -0.4 is 5.43 Å². The molecule has 0 unspecified atom stereocenters. The number of hydrogen-bond donors (Lipinski definition) is 1. The Kier molecular flexibility index (Phi) is 4.11. The number of aryl methyl sites for hydroxylation is 1. The van der Waals surface area contributed by atoms with Crippen molar-refractivity contribution in [1.29, 1.82) is 0 Å². The molecule has 0 aromatic heterocycles. The molecule has 0 aliphatic rings. The van der Waals surface area contributed by atoms with Gasteiger partial charge in [-0.25, -0.2) is 8.42 Å². The van der Waals surface area contributed by atoms with Gasteiger partial charge in [0.25, 0.3) is 0 Å². The number of nitrogens with zero attached hydrogens (tertiary/aromatic N) is 2. The summed E-state index contributed by atoms with van der Waals surface area (Å²) < 4.78 is 32.3. The van der Waals surface area contributed by atoms with Crippen molar-refractivity contribution in [3.05, 3.63) is 54.1 Å². The lowest BCUT2D eigenvalue weighted by Crippen LogP contribution is -1.97. The van der Waals surface area contributed by atoms with Gasteiger partial charge in [0.05, 0.1) is 16.3 Å². The highest BCUT2D eigenvalue weighted by molar-refractivity contribution is 7.85. The van der Waals surface area contributed by atoms with Gasteiger partial charge in [-0.3, -0.25) is 5.43 Å². The molecule has 0 atom stereocenters. The lowest BCUT2D eigenvalue weighted by Gasteiger charge is -2.05. The number of hydrogen-bond acceptors (Lipinski definition) is 5. The zero-order chi connectivity index (χ0) is 14.6. The van der Waals surface area contributed by atoms with Crippen LogP contribution in [-0.2, 0) is 10.1 Å². The topological polar surface area (TPSA) is 94.0 Å². The van der Waals surface area contributed by atoms with E-state index >= 15 is 0 Å². The van der Waals surface area contributed by atoms with E-state index in [9.17, 15) is 13.0 Å². The summed E-state index contributed by atoms with van der Waals surface area (Å²) in [6.45, 7) is 1.96. The predicted octanol–water partition coefficient (Wildman–Crippen LogP) is 3.01. The van der Waals surface area contributed by atoms with E-state index in [1.165, 1.54) is 24.3 Å². The minimum atomic E-state index is -4.43. The zero-order valence-corrected chi connectivity index (χ0v) is 11.5. The fourth-order valence-electron chi connectivity index (χ4n) is 1.53. The number of nitrogens with one attached hydrogen (secondary N) is 1. The van der Waals surface area contributed by atoms with E-state index in [0.717, 1.165) is 11.3 Å². The van der Waals surface area contributed by atoms with Gasteiger partial charge in [-0.1, -0.05) is 17.4 Å². The molecule has 2 aromatic rings. The van der Waals surface area contributed by atoms with Gasteiger partial charge in [0.15, 0.2) is 0 Å². The monoisotopic (exact) mass is 290 g/mol. The Morgan fingerprint density at radius 2 is 1.80 bits per heavy atom. The summed E-state index contributed by atoms with van der Waals surface area (Å²) in [7, 11) is -4.43. The first kappa shape index (κ1) is 14.2. The van der Waals surface area contributed by atoms with Crippen LogP contribution in [0.1, 0.15) is 5.56 Å². The lowest BCUT2D eigenvalue weighted by atomic mass is 10.2. The molecule has 0 spiro atoms. The van der Waals surface area contributed by atoms with Gasteiger partial charge in [-0.2, -0.15) is 0 Å². The average molecular weight is 290 g/mol. The van der Waals surface area contributed by atoms with E-state index in [1.807, 2.05) is 31.2 Å². The van der Waals surface area contributed by atoms with E-state index in [-0.39, 0.29) is 4.90 Å². The highest BCUT2D eigenvalue weighted by Crippen LogP contribution is 2.17. The Balaban J connectivity index is 2.05. The number of anilines is 1.